The molecule has 2 nitrogen and oxygen atoms in total. The lowest BCUT2D eigenvalue weighted by molar-refractivity contribution is 0.182. The van der Waals surface area contributed by atoms with Crippen LogP contribution in [0.4, 0.5) is 13.2 Å². The first-order valence-electron chi connectivity index (χ1n) is 10.5. The molecule has 28 heavy (non-hydrogen) atoms. The quantitative estimate of drug-likeness (QED) is 0.459. The fraction of sp³-hybridized carbons (Fsp3) is 0.652. The standard InChI is InChI=1S/C23H31F3O2/c1-27-20-12-13-21(23(26)22(20)25)28-15-17-6-10-19(11-7-17)18-8-4-16(5-9-18)3-2-14-24/h6,12-13,16,18-19H,2-5,7-11,14-15H2,1H3. The van der Waals surface area contributed by atoms with Gasteiger partial charge in [-0.05, 0) is 80.4 Å². The lowest BCUT2D eigenvalue weighted by atomic mass is 9.71. The zero-order valence-corrected chi connectivity index (χ0v) is 16.7. The monoisotopic (exact) mass is 396 g/mol. The van der Waals surface area contributed by atoms with Crippen molar-refractivity contribution in [1.82, 2.24) is 0 Å². The summed E-state index contributed by atoms with van der Waals surface area (Å²) in [6.07, 6.45) is 12.1. The average molecular weight is 396 g/mol. The number of methoxy groups -OCH3 is 1. The highest BCUT2D eigenvalue weighted by Crippen LogP contribution is 2.40. The Bertz CT molecular complexity index is 666. The van der Waals surface area contributed by atoms with Gasteiger partial charge in [0.25, 0.3) is 0 Å². The summed E-state index contributed by atoms with van der Waals surface area (Å²) >= 11 is 0. The first-order chi connectivity index (χ1) is 13.6. The molecule has 2 aliphatic rings. The Labute approximate surface area is 166 Å². The summed E-state index contributed by atoms with van der Waals surface area (Å²) < 4.78 is 50.4. The predicted molar refractivity (Wildman–Crippen MR) is 104 cm³/mol. The Morgan fingerprint density at radius 2 is 1.68 bits per heavy atom. The van der Waals surface area contributed by atoms with Gasteiger partial charge >= 0.3 is 0 Å². The van der Waals surface area contributed by atoms with Crippen LogP contribution in [0.25, 0.3) is 0 Å². The van der Waals surface area contributed by atoms with Crippen LogP contribution in [0.15, 0.2) is 23.8 Å². The van der Waals surface area contributed by atoms with Crippen LogP contribution in [0, 0.1) is 29.4 Å². The molecule has 3 rings (SSSR count). The van der Waals surface area contributed by atoms with Gasteiger partial charge in [-0.2, -0.15) is 8.78 Å². The van der Waals surface area contributed by atoms with Crippen LogP contribution < -0.4 is 9.47 Å². The molecule has 0 N–H and O–H groups in total. The van der Waals surface area contributed by atoms with Crippen LogP contribution >= 0.6 is 0 Å². The van der Waals surface area contributed by atoms with E-state index >= 15 is 0 Å². The Hall–Kier alpha value is -1.65. The minimum absolute atomic E-state index is 0.0760. The van der Waals surface area contributed by atoms with Crippen molar-refractivity contribution in [2.24, 2.45) is 17.8 Å². The molecule has 0 aromatic heterocycles. The molecule has 0 spiro atoms. The Morgan fingerprint density at radius 3 is 2.32 bits per heavy atom. The fourth-order valence-electron chi connectivity index (χ4n) is 4.74. The molecule has 0 aliphatic heterocycles. The van der Waals surface area contributed by atoms with E-state index in [1.807, 2.05) is 0 Å². The van der Waals surface area contributed by atoms with Gasteiger partial charge in [0.15, 0.2) is 11.5 Å². The van der Waals surface area contributed by atoms with Crippen molar-refractivity contribution in [3.63, 3.8) is 0 Å². The van der Waals surface area contributed by atoms with Gasteiger partial charge in [-0.25, -0.2) is 0 Å². The number of hydrogen-bond donors (Lipinski definition) is 0. The topological polar surface area (TPSA) is 18.5 Å². The molecule has 0 bridgehead atoms. The molecule has 1 saturated carbocycles. The van der Waals surface area contributed by atoms with Gasteiger partial charge in [0.1, 0.15) is 6.61 Å². The van der Waals surface area contributed by atoms with Gasteiger partial charge in [-0.3, -0.25) is 4.39 Å². The van der Waals surface area contributed by atoms with Crippen LogP contribution in [0.2, 0.25) is 0 Å². The van der Waals surface area contributed by atoms with Crippen molar-refractivity contribution < 1.29 is 22.6 Å². The second-order valence-electron chi connectivity index (χ2n) is 8.19. The summed E-state index contributed by atoms with van der Waals surface area (Å²) in [5.41, 5.74) is 1.16. The van der Waals surface area contributed by atoms with Gasteiger partial charge in [-0.1, -0.05) is 18.9 Å². The third kappa shape index (κ3) is 5.24. The molecule has 0 heterocycles. The number of ether oxygens (including phenoxy) is 2. The van der Waals surface area contributed by atoms with Crippen LogP contribution in [-0.4, -0.2) is 20.4 Å². The Kier molecular flexibility index (Phi) is 7.69. The van der Waals surface area contributed by atoms with Gasteiger partial charge in [0.05, 0.1) is 13.8 Å². The fourth-order valence-corrected chi connectivity index (χ4v) is 4.74. The number of hydrogen-bond acceptors (Lipinski definition) is 2. The maximum Gasteiger partial charge on any atom is 0.204 e. The molecule has 156 valence electrons. The molecule has 0 radical (unpaired) electrons. The third-order valence-electron chi connectivity index (χ3n) is 6.49. The number of benzene rings is 1. The molecular weight excluding hydrogens is 365 g/mol. The number of rotatable bonds is 8. The summed E-state index contributed by atoms with van der Waals surface area (Å²) in [4.78, 5) is 0. The molecule has 1 aromatic rings. The number of allylic oxidation sites excluding steroid dienone is 1. The van der Waals surface area contributed by atoms with Crippen LogP contribution in [0.5, 0.6) is 11.5 Å². The van der Waals surface area contributed by atoms with Crippen LogP contribution in [0.3, 0.4) is 0 Å². The SMILES string of the molecule is COc1ccc(OCC2=CCC(C3CCC(CCCF)CC3)CC2)c(F)c1F. The van der Waals surface area contributed by atoms with E-state index < -0.39 is 11.6 Å². The van der Waals surface area contributed by atoms with Gasteiger partial charge < -0.3 is 9.47 Å². The zero-order valence-electron chi connectivity index (χ0n) is 16.7. The predicted octanol–water partition coefficient (Wildman–Crippen LogP) is 6.63. The summed E-state index contributed by atoms with van der Waals surface area (Å²) in [7, 11) is 1.30. The Morgan fingerprint density at radius 1 is 0.964 bits per heavy atom. The van der Waals surface area contributed by atoms with Crippen LogP contribution in [-0.2, 0) is 0 Å². The van der Waals surface area contributed by atoms with E-state index in [-0.39, 0.29) is 18.2 Å². The lowest BCUT2D eigenvalue weighted by Gasteiger charge is -2.35. The maximum atomic E-state index is 14.0. The van der Waals surface area contributed by atoms with E-state index in [0.717, 1.165) is 43.1 Å². The molecule has 0 amide bonds. The molecule has 2 aliphatic carbocycles. The van der Waals surface area contributed by atoms with Crippen molar-refractivity contribution in [3.05, 3.63) is 35.4 Å². The lowest BCUT2D eigenvalue weighted by Crippen LogP contribution is -2.24. The van der Waals surface area contributed by atoms with E-state index in [0.29, 0.717) is 18.9 Å². The highest BCUT2D eigenvalue weighted by molar-refractivity contribution is 5.35. The second-order valence-corrected chi connectivity index (χ2v) is 8.19. The zero-order chi connectivity index (χ0) is 19.9. The number of halogens is 3. The van der Waals surface area contributed by atoms with E-state index in [2.05, 4.69) is 6.08 Å². The first kappa shape index (κ1) is 21.1. The summed E-state index contributed by atoms with van der Waals surface area (Å²) in [6.45, 7) is 0.108. The maximum absolute atomic E-state index is 14.0. The third-order valence-corrected chi connectivity index (χ3v) is 6.49. The van der Waals surface area contributed by atoms with Crippen LogP contribution in [0.1, 0.15) is 57.8 Å². The van der Waals surface area contributed by atoms with E-state index in [4.69, 9.17) is 9.47 Å². The molecular formula is C23H31F3O2. The normalized spacial score (nSPS) is 25.3. The second kappa shape index (κ2) is 10.2. The minimum atomic E-state index is -1.01. The van der Waals surface area contributed by atoms with E-state index in [1.54, 1.807) is 0 Å². The minimum Gasteiger partial charge on any atom is -0.494 e. The molecule has 1 fully saturated rings. The highest BCUT2D eigenvalue weighted by Gasteiger charge is 2.28. The smallest absolute Gasteiger partial charge is 0.204 e. The molecule has 0 saturated heterocycles. The van der Waals surface area contributed by atoms with Crippen molar-refractivity contribution in [3.8, 4) is 11.5 Å². The summed E-state index contributed by atoms with van der Waals surface area (Å²) in [5, 5.41) is 0. The van der Waals surface area contributed by atoms with Crippen molar-refractivity contribution >= 4 is 0 Å². The van der Waals surface area contributed by atoms with Gasteiger partial charge in [-0.15, -0.1) is 0 Å². The first-order valence-corrected chi connectivity index (χ1v) is 10.5. The molecule has 1 unspecified atom stereocenters. The van der Waals surface area contributed by atoms with Crippen molar-refractivity contribution in [2.45, 2.75) is 57.8 Å². The molecule has 1 atom stereocenters. The Balaban J connectivity index is 1.45. The number of alkyl halides is 1. The average Bonchev–Trinajstić information content (AvgIpc) is 2.74. The highest BCUT2D eigenvalue weighted by atomic mass is 19.2. The van der Waals surface area contributed by atoms with Gasteiger partial charge in [0, 0.05) is 0 Å². The summed E-state index contributed by atoms with van der Waals surface area (Å²) in [6, 6.07) is 2.79. The molecule has 1 aromatic carbocycles. The summed E-state index contributed by atoms with van der Waals surface area (Å²) in [5.74, 6) is -0.0146. The molecule has 5 heteroatoms. The van der Waals surface area contributed by atoms with Crippen molar-refractivity contribution in [2.75, 3.05) is 20.4 Å². The van der Waals surface area contributed by atoms with E-state index in [9.17, 15) is 13.2 Å². The van der Waals surface area contributed by atoms with Crippen molar-refractivity contribution in [1.29, 1.82) is 0 Å². The van der Waals surface area contributed by atoms with Gasteiger partial charge in [0.2, 0.25) is 11.6 Å². The van der Waals surface area contributed by atoms with E-state index in [1.165, 1.54) is 44.9 Å². The largest absolute Gasteiger partial charge is 0.494 e.